The van der Waals surface area contributed by atoms with E-state index in [1.165, 1.54) is 31.0 Å². The summed E-state index contributed by atoms with van der Waals surface area (Å²) in [4.78, 5) is 6.76. The summed E-state index contributed by atoms with van der Waals surface area (Å²) in [7, 11) is -0.399. The molecule has 21 heavy (non-hydrogen) atoms. The Morgan fingerprint density at radius 1 is 1.38 bits per heavy atom. The molecule has 1 aliphatic rings. The lowest BCUT2D eigenvalue weighted by Gasteiger charge is -2.39. The lowest BCUT2D eigenvalue weighted by atomic mass is 9.97. The molecule has 2 N–H and O–H groups in total. The first-order valence-corrected chi connectivity index (χ1v) is 8.69. The maximum Gasteiger partial charge on any atom is 0.244 e. The first-order chi connectivity index (χ1) is 9.84. The lowest BCUT2D eigenvalue weighted by molar-refractivity contribution is 0.411. The third-order valence-electron chi connectivity index (χ3n) is 3.95. The molecule has 6 nitrogen and oxygen atoms in total. The van der Waals surface area contributed by atoms with Gasteiger partial charge < -0.3 is 10.6 Å². The number of pyridine rings is 1. The van der Waals surface area contributed by atoms with Crippen molar-refractivity contribution in [1.82, 2.24) is 9.29 Å². The summed E-state index contributed by atoms with van der Waals surface area (Å²) in [6.07, 6.45) is 4.77. The first kappa shape index (κ1) is 16.2. The second-order valence-electron chi connectivity index (χ2n) is 5.76. The van der Waals surface area contributed by atoms with E-state index in [9.17, 15) is 8.42 Å². The Hall–Kier alpha value is -1.18. The van der Waals surface area contributed by atoms with Crippen LogP contribution in [0.25, 0.3) is 0 Å². The SMILES string of the molecule is CC(N)C1CCCCN1c1ccc(S(=O)(=O)N(C)C)cn1. The number of rotatable bonds is 4. The van der Waals surface area contributed by atoms with Crippen LogP contribution in [0.1, 0.15) is 26.2 Å². The van der Waals surface area contributed by atoms with E-state index in [2.05, 4.69) is 9.88 Å². The third-order valence-corrected chi connectivity index (χ3v) is 5.75. The number of sulfonamides is 1. The predicted molar refractivity (Wildman–Crippen MR) is 83.7 cm³/mol. The highest BCUT2D eigenvalue weighted by atomic mass is 32.2. The van der Waals surface area contributed by atoms with Crippen molar-refractivity contribution in [1.29, 1.82) is 0 Å². The molecule has 2 atom stereocenters. The number of hydrogen-bond acceptors (Lipinski definition) is 5. The van der Waals surface area contributed by atoms with Gasteiger partial charge in [0.05, 0.1) is 0 Å². The highest BCUT2D eigenvalue weighted by Gasteiger charge is 2.27. The predicted octanol–water partition coefficient (Wildman–Crippen LogP) is 1.04. The Bertz CT molecular complexity index is 569. The number of hydrogen-bond donors (Lipinski definition) is 1. The molecule has 0 radical (unpaired) electrons. The molecule has 1 aromatic rings. The molecule has 0 spiro atoms. The molecule has 0 amide bonds. The van der Waals surface area contributed by atoms with E-state index in [-0.39, 0.29) is 17.0 Å². The number of nitrogens with two attached hydrogens (primary N) is 1. The van der Waals surface area contributed by atoms with Gasteiger partial charge in [-0.3, -0.25) is 0 Å². The highest BCUT2D eigenvalue weighted by molar-refractivity contribution is 7.89. The van der Waals surface area contributed by atoms with E-state index in [0.29, 0.717) is 0 Å². The van der Waals surface area contributed by atoms with Gasteiger partial charge in [0.2, 0.25) is 10.0 Å². The van der Waals surface area contributed by atoms with Crippen molar-refractivity contribution in [2.75, 3.05) is 25.5 Å². The van der Waals surface area contributed by atoms with Crippen molar-refractivity contribution in [3.63, 3.8) is 0 Å². The van der Waals surface area contributed by atoms with Crippen LogP contribution in [0.4, 0.5) is 5.82 Å². The van der Waals surface area contributed by atoms with Crippen LogP contribution in [-0.4, -0.2) is 50.4 Å². The maximum atomic E-state index is 12.0. The molecule has 2 heterocycles. The Labute approximate surface area is 127 Å². The summed E-state index contributed by atoms with van der Waals surface area (Å²) in [6.45, 7) is 2.92. The lowest BCUT2D eigenvalue weighted by Crippen LogP contribution is -2.49. The summed E-state index contributed by atoms with van der Waals surface area (Å²) < 4.78 is 25.3. The fourth-order valence-corrected chi connectivity index (χ4v) is 3.54. The zero-order valence-electron chi connectivity index (χ0n) is 12.9. The molecular formula is C14H24N4O2S. The summed E-state index contributed by atoms with van der Waals surface area (Å²) in [5, 5.41) is 0. The van der Waals surface area contributed by atoms with Crippen molar-refractivity contribution in [3.8, 4) is 0 Å². The van der Waals surface area contributed by atoms with Crippen LogP contribution in [0.5, 0.6) is 0 Å². The van der Waals surface area contributed by atoms with Gasteiger partial charge >= 0.3 is 0 Å². The molecule has 2 unspecified atom stereocenters. The Kier molecular flexibility index (Phi) is 4.85. The first-order valence-electron chi connectivity index (χ1n) is 7.25. The zero-order valence-corrected chi connectivity index (χ0v) is 13.7. The van der Waals surface area contributed by atoms with E-state index in [1.54, 1.807) is 12.1 Å². The van der Waals surface area contributed by atoms with Crippen LogP contribution in [0.2, 0.25) is 0 Å². The van der Waals surface area contributed by atoms with Crippen LogP contribution in [0, 0.1) is 0 Å². The van der Waals surface area contributed by atoms with E-state index in [1.807, 2.05) is 6.92 Å². The van der Waals surface area contributed by atoms with E-state index in [0.717, 1.165) is 25.2 Å². The molecule has 1 saturated heterocycles. The average Bonchev–Trinajstić information content (AvgIpc) is 2.47. The molecule has 0 bridgehead atoms. The van der Waals surface area contributed by atoms with Crippen LogP contribution < -0.4 is 10.6 Å². The minimum absolute atomic E-state index is 0.0669. The summed E-state index contributed by atoms with van der Waals surface area (Å²) in [5.74, 6) is 0.801. The Morgan fingerprint density at radius 2 is 2.10 bits per heavy atom. The van der Waals surface area contributed by atoms with Crippen LogP contribution in [-0.2, 0) is 10.0 Å². The van der Waals surface area contributed by atoms with Gasteiger partial charge in [0, 0.05) is 38.9 Å². The smallest absolute Gasteiger partial charge is 0.244 e. The molecule has 0 aliphatic carbocycles. The summed E-state index contributed by atoms with van der Waals surface area (Å²) >= 11 is 0. The zero-order chi connectivity index (χ0) is 15.6. The normalized spacial score (nSPS) is 21.6. The third kappa shape index (κ3) is 3.36. The molecule has 1 aromatic heterocycles. The Balaban J connectivity index is 2.26. The monoisotopic (exact) mass is 312 g/mol. The molecule has 2 rings (SSSR count). The minimum atomic E-state index is -3.43. The van der Waals surface area contributed by atoms with E-state index >= 15 is 0 Å². The topological polar surface area (TPSA) is 79.5 Å². The van der Waals surface area contributed by atoms with Gasteiger partial charge in [0.1, 0.15) is 10.7 Å². The molecule has 1 aliphatic heterocycles. The van der Waals surface area contributed by atoms with Gasteiger partial charge in [-0.25, -0.2) is 17.7 Å². The number of piperidine rings is 1. The van der Waals surface area contributed by atoms with Gasteiger partial charge in [-0.2, -0.15) is 0 Å². The fourth-order valence-electron chi connectivity index (χ4n) is 2.69. The molecule has 7 heteroatoms. The molecule has 0 saturated carbocycles. The van der Waals surface area contributed by atoms with Gasteiger partial charge in [-0.1, -0.05) is 0 Å². The molecule has 1 fully saturated rings. The molecule has 118 valence electrons. The Morgan fingerprint density at radius 3 is 2.62 bits per heavy atom. The van der Waals surface area contributed by atoms with Crippen molar-refractivity contribution >= 4 is 15.8 Å². The second-order valence-corrected chi connectivity index (χ2v) is 7.91. The van der Waals surface area contributed by atoms with Gasteiger partial charge in [0.15, 0.2) is 0 Å². The van der Waals surface area contributed by atoms with E-state index < -0.39 is 10.0 Å². The quantitative estimate of drug-likeness (QED) is 0.898. The van der Waals surface area contributed by atoms with Crippen molar-refractivity contribution in [3.05, 3.63) is 18.3 Å². The summed E-state index contributed by atoms with van der Waals surface area (Å²) in [5.41, 5.74) is 6.06. The van der Waals surface area contributed by atoms with Crippen LogP contribution in [0.15, 0.2) is 23.2 Å². The fraction of sp³-hybridized carbons (Fsp3) is 0.643. The van der Waals surface area contributed by atoms with Crippen molar-refractivity contribution in [2.45, 2.75) is 43.2 Å². The molecular weight excluding hydrogens is 288 g/mol. The van der Waals surface area contributed by atoms with Gasteiger partial charge in [-0.15, -0.1) is 0 Å². The van der Waals surface area contributed by atoms with Crippen molar-refractivity contribution in [2.24, 2.45) is 5.73 Å². The number of aromatic nitrogens is 1. The number of anilines is 1. The molecule has 0 aromatic carbocycles. The van der Waals surface area contributed by atoms with Crippen LogP contribution in [0.3, 0.4) is 0 Å². The van der Waals surface area contributed by atoms with Crippen molar-refractivity contribution < 1.29 is 8.42 Å². The second kappa shape index (κ2) is 6.29. The average molecular weight is 312 g/mol. The van der Waals surface area contributed by atoms with Gasteiger partial charge in [0.25, 0.3) is 0 Å². The highest BCUT2D eigenvalue weighted by Crippen LogP contribution is 2.25. The van der Waals surface area contributed by atoms with Gasteiger partial charge in [-0.05, 0) is 38.3 Å². The maximum absolute atomic E-state index is 12.0. The minimum Gasteiger partial charge on any atom is -0.352 e. The van der Waals surface area contributed by atoms with Crippen LogP contribution >= 0.6 is 0 Å². The largest absolute Gasteiger partial charge is 0.352 e. The standard InChI is InChI=1S/C14H24N4O2S/c1-11(15)13-6-4-5-9-18(13)14-8-7-12(10-16-14)21(19,20)17(2)3/h7-8,10-11,13H,4-6,9,15H2,1-3H3. The summed E-state index contributed by atoms with van der Waals surface area (Å²) in [6, 6.07) is 3.72. The van der Waals surface area contributed by atoms with E-state index in [4.69, 9.17) is 5.73 Å². The number of nitrogens with zero attached hydrogens (tertiary/aromatic N) is 3.